The monoisotopic (exact) mass is 260 g/mol. The number of halogens is 2. The van der Waals surface area contributed by atoms with Crippen LogP contribution in [-0.4, -0.2) is 13.8 Å². The van der Waals surface area contributed by atoms with Gasteiger partial charge in [-0.15, -0.1) is 0 Å². The lowest BCUT2D eigenvalue weighted by Crippen LogP contribution is -2.07. The van der Waals surface area contributed by atoms with Gasteiger partial charge < -0.3 is 4.42 Å². The third-order valence-corrected chi connectivity index (χ3v) is 3.71. The van der Waals surface area contributed by atoms with Crippen LogP contribution in [-0.2, 0) is 16.6 Å². The highest BCUT2D eigenvalue weighted by molar-refractivity contribution is 7.84. The van der Waals surface area contributed by atoms with E-state index in [-0.39, 0.29) is 11.6 Å². The van der Waals surface area contributed by atoms with Crippen molar-refractivity contribution in [2.75, 3.05) is 0 Å². The Morgan fingerprint density at radius 3 is 2.94 bits per heavy atom. The highest BCUT2D eigenvalue weighted by Gasteiger charge is 2.16. The lowest BCUT2D eigenvalue weighted by atomic mass is 10.5. The Morgan fingerprint density at radius 1 is 1.59 bits per heavy atom. The molecule has 0 amide bonds. The fourth-order valence-corrected chi connectivity index (χ4v) is 2.63. The normalized spacial score (nSPS) is 13.2. The molecule has 0 fully saturated rings. The second-order valence-corrected chi connectivity index (χ2v) is 4.78. The number of hydrogen-bond acceptors (Lipinski definition) is 3. The topological polar surface area (TPSA) is 48.0 Å². The van der Waals surface area contributed by atoms with E-state index in [1.807, 2.05) is 0 Å². The van der Waals surface area contributed by atoms with Crippen LogP contribution in [0.15, 0.2) is 34.0 Å². The molecule has 92 valence electrons. The molecule has 0 radical (unpaired) electrons. The van der Waals surface area contributed by atoms with Crippen molar-refractivity contribution in [1.82, 2.24) is 9.55 Å². The molecule has 0 saturated carbocycles. The molecule has 0 bridgehead atoms. The molecule has 2 heterocycles. The van der Waals surface area contributed by atoms with E-state index in [1.165, 1.54) is 18.7 Å². The molecule has 2 rings (SSSR count). The van der Waals surface area contributed by atoms with Crippen LogP contribution < -0.4 is 0 Å². The van der Waals surface area contributed by atoms with E-state index in [9.17, 15) is 13.0 Å². The maximum Gasteiger partial charge on any atom is 0.319 e. The summed E-state index contributed by atoms with van der Waals surface area (Å²) in [6.07, 6.45) is 3.85. The van der Waals surface area contributed by atoms with Crippen LogP contribution in [0.3, 0.4) is 0 Å². The fourth-order valence-electron chi connectivity index (χ4n) is 1.44. The van der Waals surface area contributed by atoms with Gasteiger partial charge in [-0.05, 0) is 13.0 Å². The second-order valence-electron chi connectivity index (χ2n) is 3.36. The summed E-state index contributed by atoms with van der Waals surface area (Å²) in [5.41, 5.74) is 0. The number of aromatic nitrogens is 2. The van der Waals surface area contributed by atoms with E-state index in [0.717, 1.165) is 0 Å². The first-order valence-corrected chi connectivity index (χ1v) is 6.14. The van der Waals surface area contributed by atoms with Crippen molar-refractivity contribution in [3.63, 3.8) is 0 Å². The quantitative estimate of drug-likeness (QED) is 0.848. The molecule has 0 saturated heterocycles. The van der Waals surface area contributed by atoms with Gasteiger partial charge in [0.25, 0.3) is 0 Å². The molecular formula is C10H10F2N2O2S. The number of rotatable bonds is 4. The molecule has 4 nitrogen and oxygen atoms in total. The molecule has 2 aromatic heterocycles. The van der Waals surface area contributed by atoms with Crippen LogP contribution in [0.5, 0.6) is 0 Å². The zero-order valence-corrected chi connectivity index (χ0v) is 9.79. The number of imidazole rings is 1. The molecule has 7 heteroatoms. The highest BCUT2D eigenvalue weighted by Crippen LogP contribution is 2.19. The minimum atomic E-state index is -2.67. The molecule has 0 aliphatic heterocycles. The minimum absolute atomic E-state index is 0.0578. The summed E-state index contributed by atoms with van der Waals surface area (Å²) < 4.78 is 42.7. The first-order valence-electron chi connectivity index (χ1n) is 4.82. The average molecular weight is 260 g/mol. The van der Waals surface area contributed by atoms with Gasteiger partial charge in [0.15, 0.2) is 0 Å². The minimum Gasteiger partial charge on any atom is -0.468 e. The summed E-state index contributed by atoms with van der Waals surface area (Å²) in [7, 11) is -1.43. The van der Waals surface area contributed by atoms with Crippen LogP contribution in [0.2, 0.25) is 0 Å². The van der Waals surface area contributed by atoms with E-state index >= 15 is 0 Å². The Morgan fingerprint density at radius 2 is 2.35 bits per heavy atom. The van der Waals surface area contributed by atoms with Crippen LogP contribution >= 0.6 is 0 Å². The second kappa shape index (κ2) is 4.79. The summed E-state index contributed by atoms with van der Waals surface area (Å²) in [6.45, 7) is -0.998. The first kappa shape index (κ1) is 12.0. The number of alkyl halides is 2. The number of furan rings is 1. The van der Waals surface area contributed by atoms with Gasteiger partial charge in [0.1, 0.15) is 11.6 Å². The summed E-state index contributed by atoms with van der Waals surface area (Å²) in [5.74, 6) is 0.565. The molecule has 0 unspecified atom stereocenters. The third-order valence-electron chi connectivity index (χ3n) is 2.28. The van der Waals surface area contributed by atoms with Crippen molar-refractivity contribution in [1.29, 1.82) is 0 Å². The molecule has 0 aliphatic rings. The standard InChI is InChI=1S/C10H10F2N2O2S/c1-7-8(2-5-16-7)17(15)6-9-13-3-4-14(9)10(11)12/h2-5,10H,6H2,1H3/t17-/m0/s1. The first-order chi connectivity index (χ1) is 8.09. The molecule has 0 N–H and O–H groups in total. The van der Waals surface area contributed by atoms with E-state index in [2.05, 4.69) is 4.98 Å². The lowest BCUT2D eigenvalue weighted by molar-refractivity contribution is 0.0677. The van der Waals surface area contributed by atoms with Crippen LogP contribution in [0.25, 0.3) is 0 Å². The largest absolute Gasteiger partial charge is 0.468 e. The van der Waals surface area contributed by atoms with Crippen molar-refractivity contribution in [2.45, 2.75) is 24.1 Å². The number of hydrogen-bond donors (Lipinski definition) is 0. The van der Waals surface area contributed by atoms with Gasteiger partial charge in [0.2, 0.25) is 0 Å². The maximum absolute atomic E-state index is 12.5. The maximum atomic E-state index is 12.5. The Hall–Kier alpha value is -1.50. The molecule has 2 aromatic rings. The van der Waals surface area contributed by atoms with E-state index < -0.39 is 17.3 Å². The van der Waals surface area contributed by atoms with Crippen molar-refractivity contribution < 1.29 is 17.4 Å². The Balaban J connectivity index is 2.19. The van der Waals surface area contributed by atoms with Gasteiger partial charge in [-0.1, -0.05) is 0 Å². The third kappa shape index (κ3) is 2.44. The van der Waals surface area contributed by atoms with Gasteiger partial charge in [0.05, 0.1) is 27.7 Å². The predicted octanol–water partition coefficient (Wildman–Crippen LogP) is 2.49. The van der Waals surface area contributed by atoms with Crippen LogP contribution in [0.1, 0.15) is 18.1 Å². The number of aryl methyl sites for hydroxylation is 1. The fraction of sp³-hybridized carbons (Fsp3) is 0.300. The van der Waals surface area contributed by atoms with Gasteiger partial charge in [-0.3, -0.25) is 8.78 Å². The Bertz CT molecular complexity index is 536. The summed E-state index contributed by atoms with van der Waals surface area (Å²) in [5, 5.41) is 0. The van der Waals surface area contributed by atoms with Crippen molar-refractivity contribution in [3.8, 4) is 0 Å². The molecule has 1 atom stereocenters. The Kier molecular flexibility index (Phi) is 3.37. The van der Waals surface area contributed by atoms with Crippen LogP contribution in [0.4, 0.5) is 8.78 Å². The summed E-state index contributed by atoms with van der Waals surface area (Å²) in [4.78, 5) is 4.28. The van der Waals surface area contributed by atoms with Crippen LogP contribution in [0, 0.1) is 6.92 Å². The van der Waals surface area contributed by atoms with Crippen molar-refractivity contribution in [3.05, 3.63) is 36.3 Å². The van der Waals surface area contributed by atoms with Gasteiger partial charge >= 0.3 is 6.55 Å². The zero-order chi connectivity index (χ0) is 12.4. The predicted molar refractivity (Wildman–Crippen MR) is 57.0 cm³/mol. The van der Waals surface area contributed by atoms with Gasteiger partial charge in [0, 0.05) is 12.4 Å². The molecule has 0 spiro atoms. The number of nitrogens with zero attached hydrogens (tertiary/aromatic N) is 2. The highest BCUT2D eigenvalue weighted by atomic mass is 32.2. The summed E-state index contributed by atoms with van der Waals surface area (Å²) >= 11 is 0. The molecule has 17 heavy (non-hydrogen) atoms. The average Bonchev–Trinajstić information content (AvgIpc) is 2.86. The Labute approximate surface area is 98.7 Å². The molecule has 0 aliphatic carbocycles. The van der Waals surface area contributed by atoms with E-state index in [0.29, 0.717) is 15.2 Å². The zero-order valence-electron chi connectivity index (χ0n) is 8.97. The lowest BCUT2D eigenvalue weighted by Gasteiger charge is -2.05. The van der Waals surface area contributed by atoms with Gasteiger partial charge in [-0.25, -0.2) is 4.98 Å². The van der Waals surface area contributed by atoms with E-state index in [4.69, 9.17) is 4.42 Å². The van der Waals surface area contributed by atoms with Crippen molar-refractivity contribution >= 4 is 10.8 Å². The van der Waals surface area contributed by atoms with Crippen molar-refractivity contribution in [2.24, 2.45) is 0 Å². The van der Waals surface area contributed by atoms with E-state index in [1.54, 1.807) is 13.0 Å². The SMILES string of the molecule is Cc1occc1[S@@](=O)Cc1nccn1C(F)F. The molecular weight excluding hydrogens is 250 g/mol. The smallest absolute Gasteiger partial charge is 0.319 e. The summed E-state index contributed by atoms with van der Waals surface area (Å²) in [6, 6.07) is 1.57. The van der Waals surface area contributed by atoms with Gasteiger partial charge in [-0.2, -0.15) is 8.78 Å². The molecule has 0 aromatic carbocycles.